The second-order valence-corrected chi connectivity index (χ2v) is 7.95. The summed E-state index contributed by atoms with van der Waals surface area (Å²) in [6.45, 7) is 9.51. The van der Waals surface area contributed by atoms with Crippen LogP contribution in [0, 0.1) is 0 Å². The van der Waals surface area contributed by atoms with Gasteiger partial charge in [0.05, 0.1) is 12.6 Å². The number of hydrogen-bond donors (Lipinski definition) is 2. The lowest BCUT2D eigenvalue weighted by molar-refractivity contribution is 0.206. The molecule has 7 heteroatoms. The summed E-state index contributed by atoms with van der Waals surface area (Å²) in [5.74, 6) is 0.923. The Morgan fingerprint density at radius 1 is 1.21 bits per heavy atom. The number of hydrogen-bond acceptors (Lipinski definition) is 3. The van der Waals surface area contributed by atoms with E-state index in [2.05, 4.69) is 60.5 Å². The molecule has 160 valence electrons. The van der Waals surface area contributed by atoms with Crippen LogP contribution < -0.4 is 10.6 Å². The van der Waals surface area contributed by atoms with Crippen molar-refractivity contribution in [3.05, 3.63) is 34.9 Å². The maximum atomic E-state index is 6.04. The van der Waals surface area contributed by atoms with E-state index < -0.39 is 0 Å². The molecule has 0 saturated carbocycles. The van der Waals surface area contributed by atoms with Gasteiger partial charge >= 0.3 is 0 Å². The predicted octanol–water partition coefficient (Wildman–Crippen LogP) is 3.99. The molecule has 2 rings (SSSR count). The molecule has 1 aliphatic heterocycles. The molecule has 0 aliphatic carbocycles. The van der Waals surface area contributed by atoms with Crippen molar-refractivity contribution in [1.29, 1.82) is 0 Å². The van der Waals surface area contributed by atoms with E-state index in [9.17, 15) is 0 Å². The summed E-state index contributed by atoms with van der Waals surface area (Å²) in [4.78, 5) is 9.66. The first-order valence-corrected chi connectivity index (χ1v) is 10.6. The SMILES string of the molecule is CCCN1CCC(NC(=NCC(c2ccc(Cl)cc2)N(C)C)NCC)CC1.I. The van der Waals surface area contributed by atoms with Gasteiger partial charge in [0.2, 0.25) is 0 Å². The van der Waals surface area contributed by atoms with Gasteiger partial charge in [0.15, 0.2) is 5.96 Å². The van der Waals surface area contributed by atoms with E-state index in [1.54, 1.807) is 0 Å². The smallest absolute Gasteiger partial charge is 0.191 e. The minimum Gasteiger partial charge on any atom is -0.357 e. The number of nitrogens with zero attached hydrogens (tertiary/aromatic N) is 3. The van der Waals surface area contributed by atoms with Gasteiger partial charge in [0.1, 0.15) is 0 Å². The van der Waals surface area contributed by atoms with Crippen molar-refractivity contribution < 1.29 is 0 Å². The maximum absolute atomic E-state index is 6.04. The van der Waals surface area contributed by atoms with E-state index in [4.69, 9.17) is 16.6 Å². The highest BCUT2D eigenvalue weighted by Crippen LogP contribution is 2.21. The Kier molecular flexibility index (Phi) is 12.4. The Morgan fingerprint density at radius 3 is 2.39 bits per heavy atom. The molecular weight excluding hydrogens is 485 g/mol. The molecule has 0 bridgehead atoms. The summed E-state index contributed by atoms with van der Waals surface area (Å²) in [6, 6.07) is 8.81. The summed E-state index contributed by atoms with van der Waals surface area (Å²) in [6.07, 6.45) is 3.59. The molecule has 1 aromatic rings. The van der Waals surface area contributed by atoms with Crippen LogP contribution in [-0.4, -0.2) is 68.6 Å². The monoisotopic (exact) mass is 521 g/mol. The quantitative estimate of drug-likeness (QED) is 0.308. The van der Waals surface area contributed by atoms with Crippen molar-refractivity contribution in [1.82, 2.24) is 20.4 Å². The number of likely N-dealkylation sites (tertiary alicyclic amines) is 1. The number of halogens is 2. The Morgan fingerprint density at radius 2 is 1.86 bits per heavy atom. The van der Waals surface area contributed by atoms with E-state index in [-0.39, 0.29) is 30.0 Å². The van der Waals surface area contributed by atoms with Crippen LogP contribution in [-0.2, 0) is 0 Å². The van der Waals surface area contributed by atoms with Crippen molar-refractivity contribution in [3.8, 4) is 0 Å². The summed E-state index contributed by atoms with van der Waals surface area (Å²) >= 11 is 6.04. The van der Waals surface area contributed by atoms with Gasteiger partial charge in [-0.3, -0.25) is 4.99 Å². The minimum absolute atomic E-state index is 0. The fraction of sp³-hybridized carbons (Fsp3) is 0.667. The first-order valence-electron chi connectivity index (χ1n) is 10.2. The first-order chi connectivity index (χ1) is 13.0. The highest BCUT2D eigenvalue weighted by molar-refractivity contribution is 14.0. The zero-order valence-electron chi connectivity index (χ0n) is 17.7. The topological polar surface area (TPSA) is 42.9 Å². The largest absolute Gasteiger partial charge is 0.357 e. The third kappa shape index (κ3) is 8.43. The molecule has 1 fully saturated rings. The van der Waals surface area contributed by atoms with Crippen LogP contribution in [0.25, 0.3) is 0 Å². The van der Waals surface area contributed by atoms with Crippen molar-refractivity contribution in [3.63, 3.8) is 0 Å². The zero-order chi connectivity index (χ0) is 19.6. The van der Waals surface area contributed by atoms with Crippen LogP contribution in [0.5, 0.6) is 0 Å². The molecule has 1 aromatic carbocycles. The van der Waals surface area contributed by atoms with Crippen LogP contribution >= 0.6 is 35.6 Å². The second kappa shape index (κ2) is 13.6. The van der Waals surface area contributed by atoms with Crippen LogP contribution in [0.1, 0.15) is 44.7 Å². The molecule has 0 radical (unpaired) electrons. The van der Waals surface area contributed by atoms with Crippen LogP contribution in [0.3, 0.4) is 0 Å². The maximum Gasteiger partial charge on any atom is 0.191 e. The number of guanidine groups is 1. The zero-order valence-corrected chi connectivity index (χ0v) is 20.8. The lowest BCUT2D eigenvalue weighted by Gasteiger charge is -2.33. The molecule has 1 aliphatic rings. The van der Waals surface area contributed by atoms with Gasteiger partial charge < -0.3 is 20.4 Å². The lowest BCUT2D eigenvalue weighted by Crippen LogP contribution is -2.49. The van der Waals surface area contributed by atoms with Gasteiger partial charge in [-0.15, -0.1) is 24.0 Å². The first kappa shape index (κ1) is 25.5. The number of piperidine rings is 1. The predicted molar refractivity (Wildman–Crippen MR) is 132 cm³/mol. The molecular formula is C21H37ClIN5. The highest BCUT2D eigenvalue weighted by atomic mass is 127. The number of rotatable bonds is 8. The van der Waals surface area contributed by atoms with Gasteiger partial charge in [0, 0.05) is 30.7 Å². The van der Waals surface area contributed by atoms with E-state index in [1.165, 1.54) is 44.5 Å². The molecule has 5 nitrogen and oxygen atoms in total. The Labute approximate surface area is 193 Å². The average Bonchev–Trinajstić information content (AvgIpc) is 2.65. The molecule has 0 amide bonds. The Balaban J connectivity index is 0.00000392. The number of aliphatic imine (C=N–C) groups is 1. The van der Waals surface area contributed by atoms with Crippen molar-refractivity contribution in [2.75, 3.05) is 46.8 Å². The van der Waals surface area contributed by atoms with E-state index in [0.29, 0.717) is 12.6 Å². The lowest BCUT2D eigenvalue weighted by atomic mass is 10.1. The van der Waals surface area contributed by atoms with Crippen molar-refractivity contribution in [2.24, 2.45) is 4.99 Å². The third-order valence-corrected chi connectivity index (χ3v) is 5.36. The fourth-order valence-electron chi connectivity index (χ4n) is 3.56. The number of benzene rings is 1. The minimum atomic E-state index is 0. The molecule has 2 N–H and O–H groups in total. The van der Waals surface area contributed by atoms with E-state index in [1.807, 2.05) is 12.1 Å². The summed E-state index contributed by atoms with van der Waals surface area (Å²) in [7, 11) is 4.19. The second-order valence-electron chi connectivity index (χ2n) is 7.51. The van der Waals surface area contributed by atoms with Crippen LogP contribution in [0.15, 0.2) is 29.3 Å². The van der Waals surface area contributed by atoms with Crippen molar-refractivity contribution >= 4 is 41.5 Å². The van der Waals surface area contributed by atoms with E-state index in [0.717, 1.165) is 17.5 Å². The van der Waals surface area contributed by atoms with Gasteiger partial charge in [-0.05, 0) is 64.5 Å². The van der Waals surface area contributed by atoms with Gasteiger partial charge in [-0.1, -0.05) is 30.7 Å². The standard InChI is InChI=1S/C21H36ClN5.HI/c1-5-13-27-14-11-19(12-15-27)25-21(23-6-2)24-16-20(26(3)4)17-7-9-18(22)10-8-17;/h7-10,19-20H,5-6,11-16H2,1-4H3,(H2,23,24,25);1H. The molecule has 0 aromatic heterocycles. The number of likely N-dealkylation sites (N-methyl/N-ethyl adjacent to an activating group) is 1. The normalized spacial score (nSPS) is 17.3. The highest BCUT2D eigenvalue weighted by Gasteiger charge is 2.20. The molecule has 1 unspecified atom stereocenters. The third-order valence-electron chi connectivity index (χ3n) is 5.11. The molecule has 28 heavy (non-hydrogen) atoms. The number of nitrogens with one attached hydrogen (secondary N) is 2. The van der Waals surface area contributed by atoms with Crippen LogP contribution in [0.4, 0.5) is 0 Å². The summed E-state index contributed by atoms with van der Waals surface area (Å²) in [5, 5.41) is 7.82. The van der Waals surface area contributed by atoms with Gasteiger partial charge in [-0.25, -0.2) is 0 Å². The Hall–Kier alpha value is -0.570. The molecule has 1 heterocycles. The van der Waals surface area contributed by atoms with Gasteiger partial charge in [-0.2, -0.15) is 0 Å². The molecule has 1 saturated heterocycles. The molecule has 1 atom stereocenters. The van der Waals surface area contributed by atoms with Gasteiger partial charge in [0.25, 0.3) is 0 Å². The summed E-state index contributed by atoms with van der Waals surface area (Å²) in [5.41, 5.74) is 1.23. The fourth-order valence-corrected chi connectivity index (χ4v) is 3.69. The van der Waals surface area contributed by atoms with Crippen LogP contribution in [0.2, 0.25) is 5.02 Å². The average molecular weight is 522 g/mol. The summed E-state index contributed by atoms with van der Waals surface area (Å²) < 4.78 is 0. The molecule has 0 spiro atoms. The van der Waals surface area contributed by atoms with E-state index >= 15 is 0 Å². The Bertz CT molecular complexity index is 571. The van der Waals surface area contributed by atoms with Crippen molar-refractivity contribution in [2.45, 2.75) is 45.2 Å².